The maximum Gasteiger partial charge on any atom is 0.409 e. The number of epoxide rings is 1. The van der Waals surface area contributed by atoms with Gasteiger partial charge in [0.05, 0.1) is 30.6 Å². The Labute approximate surface area is 427 Å². The summed E-state index contributed by atoms with van der Waals surface area (Å²) in [4.78, 5) is 95.8. The van der Waals surface area contributed by atoms with Crippen LogP contribution in [0.2, 0.25) is 5.02 Å². The zero-order chi connectivity index (χ0) is 51.9. The first-order chi connectivity index (χ1) is 32.9. The van der Waals surface area contributed by atoms with Crippen LogP contribution in [-0.4, -0.2) is 162 Å². The van der Waals surface area contributed by atoms with E-state index in [0.717, 1.165) is 16.0 Å². The van der Waals surface area contributed by atoms with E-state index in [1.807, 2.05) is 26.8 Å². The third kappa shape index (κ3) is 13.9. The predicted octanol–water partition coefficient (Wildman–Crippen LogP) is 5.45. The number of esters is 1. The highest BCUT2D eigenvalue weighted by molar-refractivity contribution is 8.77. The first kappa shape index (κ1) is 56.9. The number of halogens is 1. The summed E-state index contributed by atoms with van der Waals surface area (Å²) < 4.78 is 29.1. The Morgan fingerprint density at radius 2 is 1.84 bits per heavy atom. The number of hydrogen-bond acceptors (Lipinski definition) is 16. The number of likely N-dealkylation sites (tertiary alicyclic amines) is 1. The Morgan fingerprint density at radius 3 is 2.50 bits per heavy atom. The highest BCUT2D eigenvalue weighted by Crippen LogP contribution is 2.49. The third-order valence-corrected chi connectivity index (χ3v) is 18.0. The Kier molecular flexibility index (Phi) is 19.6. The van der Waals surface area contributed by atoms with Gasteiger partial charge in [-0.25, -0.2) is 9.59 Å². The zero-order valence-electron chi connectivity index (χ0n) is 41.8. The molecule has 3 fully saturated rings. The van der Waals surface area contributed by atoms with Gasteiger partial charge in [-0.1, -0.05) is 63.9 Å². The molecule has 1 aromatic carbocycles. The highest BCUT2D eigenvalue weighted by Gasteiger charge is 2.64. The number of alkyl carbamates (subject to hydrolysis) is 1. The van der Waals surface area contributed by atoms with Crippen molar-refractivity contribution >= 4 is 92.2 Å². The van der Waals surface area contributed by atoms with Crippen LogP contribution in [0.4, 0.5) is 10.5 Å². The number of imide groups is 1. The summed E-state index contributed by atoms with van der Waals surface area (Å²) >= 11 is 8.15. The summed E-state index contributed by atoms with van der Waals surface area (Å²) in [7, 11) is 9.08. The van der Waals surface area contributed by atoms with Crippen LogP contribution in [0.25, 0.3) is 0 Å². The number of nitrogens with one attached hydrogen (secondary N) is 2. The summed E-state index contributed by atoms with van der Waals surface area (Å²) in [5.74, 6) is -1.94. The van der Waals surface area contributed by atoms with Crippen molar-refractivity contribution in [2.45, 2.75) is 138 Å². The van der Waals surface area contributed by atoms with E-state index in [9.17, 15) is 38.7 Å². The number of ether oxygens (including phenoxy) is 5. The van der Waals surface area contributed by atoms with Gasteiger partial charge in [-0.2, -0.15) is 11.8 Å². The van der Waals surface area contributed by atoms with E-state index in [4.69, 9.17) is 35.3 Å². The van der Waals surface area contributed by atoms with E-state index >= 15 is 0 Å². The van der Waals surface area contributed by atoms with Crippen LogP contribution in [-0.2, 0) is 54.1 Å². The quantitative estimate of drug-likeness (QED) is 0.0580. The highest BCUT2D eigenvalue weighted by atomic mass is 35.5. The molecule has 0 saturated carbocycles. The summed E-state index contributed by atoms with van der Waals surface area (Å²) in [6.07, 6.45) is 3.15. The van der Waals surface area contributed by atoms with Gasteiger partial charge in [0, 0.05) is 76.4 Å². The van der Waals surface area contributed by atoms with Crippen molar-refractivity contribution in [1.29, 1.82) is 0 Å². The van der Waals surface area contributed by atoms with Crippen LogP contribution < -0.4 is 20.3 Å². The fourth-order valence-electron chi connectivity index (χ4n) is 8.65. The lowest BCUT2D eigenvalue weighted by molar-refractivity contribution is -0.162. The number of fused-ring (bicyclic) bond motifs is 5. The lowest BCUT2D eigenvalue weighted by atomic mass is 9.83. The molecule has 0 aliphatic carbocycles. The smallest absolute Gasteiger partial charge is 0.409 e. The molecule has 1 unspecified atom stereocenters. The van der Waals surface area contributed by atoms with Gasteiger partial charge in [0.2, 0.25) is 29.5 Å². The Morgan fingerprint density at radius 1 is 1.13 bits per heavy atom. The number of thioether (sulfide) groups is 1. The van der Waals surface area contributed by atoms with Crippen molar-refractivity contribution in [1.82, 2.24) is 20.4 Å². The SMILES string of the molecule is COc1cc2cc(c1Cl)N(C)C(=O)C[C@H](OC(=O)[C@H](C)N(C)C(=O)CCC(C)(C)SSCCNC(=O)CCN1C(=O)CC(SC)C1=O)[C@]1(C)O[C@H]1[C@H](C)[C@@H]1C[C@@](O)(NC(=O)O1)[C@H](OC)/C=C/C=C(\C)C2. The van der Waals surface area contributed by atoms with Crippen LogP contribution >= 0.6 is 45.0 Å². The fourth-order valence-corrected chi connectivity index (χ4v) is 12.1. The van der Waals surface area contributed by atoms with Crippen LogP contribution in [0.15, 0.2) is 35.9 Å². The van der Waals surface area contributed by atoms with E-state index in [2.05, 4.69) is 10.6 Å². The number of allylic oxidation sites excluding steroid dienone is 3. The standard InChI is InChI=1S/C48H68ClN5O13S3/c1-27-13-12-14-35(64-10)48(62)26-33(65-45(61)51-48)28(2)42-47(6,67-42)36(25-39(57)53(8)31-22-30(21-27)23-32(63-9)41(31)49)66-44(60)29(3)52(7)38(56)15-17-46(4,5)70-69-20-18-50-37(55)16-19-54-40(58)24-34(68-11)43(54)59/h12-14,22-23,28-29,33-36,42,62H,15-21,24-26H2,1-11H3,(H,50,55)(H,51,61)/b14-12+,27-13+/t28-,29+,33+,34?,35-,36+,42+,47+,48+/m1/s1. The largest absolute Gasteiger partial charge is 0.495 e. The number of rotatable bonds is 17. The Bertz CT molecular complexity index is 2220. The average Bonchev–Trinajstić information content (AvgIpc) is 3.93. The molecule has 6 amide bonds. The maximum absolute atomic E-state index is 14.3. The van der Waals surface area contributed by atoms with Crippen LogP contribution in [0.3, 0.4) is 0 Å². The first-order valence-corrected chi connectivity index (χ1v) is 27.2. The van der Waals surface area contributed by atoms with E-state index in [1.165, 1.54) is 53.6 Å². The Balaban J connectivity index is 1.24. The molecule has 0 aromatic heterocycles. The van der Waals surface area contributed by atoms with Crippen molar-refractivity contribution in [3.8, 4) is 5.75 Å². The Hall–Kier alpha value is -3.99. The second-order valence-electron chi connectivity index (χ2n) is 19.0. The molecule has 1 aromatic rings. The number of likely N-dealkylation sites (N-methyl/N-ethyl adjacent to an activating group) is 1. The van der Waals surface area contributed by atoms with E-state index in [0.29, 0.717) is 36.6 Å². The van der Waals surface area contributed by atoms with Crippen LogP contribution in [0.5, 0.6) is 5.75 Å². The zero-order valence-corrected chi connectivity index (χ0v) is 45.0. The molecule has 388 valence electrons. The van der Waals surface area contributed by atoms with Gasteiger partial charge in [-0.15, -0.1) is 0 Å². The molecule has 4 heterocycles. The molecule has 4 aliphatic heterocycles. The number of aliphatic hydroxyl groups is 1. The molecule has 3 saturated heterocycles. The molecule has 4 aliphatic rings. The number of carbonyl (C=O) groups excluding carboxylic acids is 7. The molecule has 18 nitrogen and oxygen atoms in total. The molecule has 70 heavy (non-hydrogen) atoms. The maximum atomic E-state index is 14.3. The average molecular weight is 1050 g/mol. The molecular formula is C48H68ClN5O13S3. The number of amides is 6. The van der Waals surface area contributed by atoms with Gasteiger partial charge in [-0.05, 0) is 71.4 Å². The number of methoxy groups -OCH3 is 2. The van der Waals surface area contributed by atoms with E-state index < -0.39 is 65.7 Å². The normalized spacial score (nSPS) is 29.0. The molecule has 0 spiro atoms. The van der Waals surface area contributed by atoms with Gasteiger partial charge in [0.15, 0.2) is 5.72 Å². The fraction of sp³-hybridized carbons (Fsp3) is 0.646. The van der Waals surface area contributed by atoms with Gasteiger partial charge in [0.1, 0.15) is 40.7 Å². The lowest BCUT2D eigenvalue weighted by Gasteiger charge is -2.42. The predicted molar refractivity (Wildman–Crippen MR) is 271 cm³/mol. The van der Waals surface area contributed by atoms with Gasteiger partial charge in [0.25, 0.3) is 0 Å². The molecule has 22 heteroatoms. The number of carbonyl (C=O) groups is 7. The molecular weight excluding hydrogens is 986 g/mol. The lowest BCUT2D eigenvalue weighted by Crippen LogP contribution is -2.63. The topological polar surface area (TPSA) is 223 Å². The number of anilines is 1. The first-order valence-electron chi connectivity index (χ1n) is 23.2. The summed E-state index contributed by atoms with van der Waals surface area (Å²) in [6, 6.07) is 2.50. The van der Waals surface area contributed by atoms with E-state index in [-0.39, 0.29) is 77.3 Å². The minimum absolute atomic E-state index is 0.0300. The summed E-state index contributed by atoms with van der Waals surface area (Å²) in [5.41, 5.74) is -1.08. The monoisotopic (exact) mass is 1050 g/mol. The molecule has 9 atom stereocenters. The third-order valence-electron chi connectivity index (χ3n) is 13.3. The van der Waals surface area contributed by atoms with Gasteiger partial charge in [-0.3, -0.25) is 34.2 Å². The van der Waals surface area contributed by atoms with Crippen LogP contribution in [0.1, 0.15) is 85.6 Å². The molecule has 4 bridgehead atoms. The van der Waals surface area contributed by atoms with Crippen molar-refractivity contribution in [2.75, 3.05) is 58.3 Å². The van der Waals surface area contributed by atoms with Crippen LogP contribution in [0, 0.1) is 5.92 Å². The summed E-state index contributed by atoms with van der Waals surface area (Å²) in [6.45, 7) is 11.4. The summed E-state index contributed by atoms with van der Waals surface area (Å²) in [5, 5.41) is 17.0. The second-order valence-corrected chi connectivity index (χ2v) is 23.5. The van der Waals surface area contributed by atoms with E-state index in [1.54, 1.807) is 69.2 Å². The second kappa shape index (κ2) is 24.2. The minimum atomic E-state index is -1.86. The number of hydrogen-bond donors (Lipinski definition) is 3. The van der Waals surface area contributed by atoms with Crippen molar-refractivity contribution < 1.29 is 62.4 Å². The minimum Gasteiger partial charge on any atom is -0.495 e. The van der Waals surface area contributed by atoms with Crippen molar-refractivity contribution in [2.24, 2.45) is 5.92 Å². The van der Waals surface area contributed by atoms with Gasteiger partial charge >= 0.3 is 12.1 Å². The number of benzene rings is 1. The van der Waals surface area contributed by atoms with Gasteiger partial charge < -0.3 is 43.9 Å². The van der Waals surface area contributed by atoms with Crippen molar-refractivity contribution in [3.63, 3.8) is 0 Å². The molecule has 5 rings (SSSR count). The molecule has 0 radical (unpaired) electrons. The molecule has 3 N–H and O–H groups in total. The number of nitrogens with zero attached hydrogens (tertiary/aromatic N) is 3. The van der Waals surface area contributed by atoms with Crippen molar-refractivity contribution in [3.05, 3.63) is 46.5 Å².